The summed E-state index contributed by atoms with van der Waals surface area (Å²) in [6.07, 6.45) is 0. The summed E-state index contributed by atoms with van der Waals surface area (Å²) in [5.74, 6) is 0.619. The summed E-state index contributed by atoms with van der Waals surface area (Å²) in [5, 5.41) is 3.29. The summed E-state index contributed by atoms with van der Waals surface area (Å²) in [4.78, 5) is 16.4. The van der Waals surface area contributed by atoms with E-state index < -0.39 is 0 Å². The molecule has 1 unspecified atom stereocenters. The van der Waals surface area contributed by atoms with Crippen molar-refractivity contribution in [2.24, 2.45) is 0 Å². The number of aromatic nitrogens is 2. The maximum atomic E-state index is 12.0. The molecule has 0 saturated carbocycles. The Labute approximate surface area is 110 Å². The van der Waals surface area contributed by atoms with Crippen molar-refractivity contribution in [3.8, 4) is 0 Å². The van der Waals surface area contributed by atoms with Crippen LogP contribution in [0.5, 0.6) is 0 Å². The lowest BCUT2D eigenvalue weighted by molar-refractivity contribution is 0.181. The van der Waals surface area contributed by atoms with E-state index in [1.54, 1.807) is 11.7 Å². The third kappa shape index (κ3) is 2.24. The van der Waals surface area contributed by atoms with Gasteiger partial charge >= 0.3 is 0 Å². The molecular formula is C14H15N3O2. The van der Waals surface area contributed by atoms with Gasteiger partial charge in [0.05, 0.1) is 24.9 Å². The fourth-order valence-corrected chi connectivity index (χ4v) is 2.32. The Morgan fingerprint density at radius 3 is 2.95 bits per heavy atom. The monoisotopic (exact) mass is 257 g/mol. The highest BCUT2D eigenvalue weighted by molar-refractivity contribution is 5.38. The number of hydrogen-bond donors (Lipinski definition) is 1. The standard InChI is InChI=1S/C14H15N3O2/c1-19-9-11-7-13(18)17-8-12(16-14(17)15-11)10-5-3-2-4-6-10/h2-7,12H,8-9H2,1H3,(H,15,16). The minimum Gasteiger partial charge on any atom is -0.378 e. The van der Waals surface area contributed by atoms with Crippen LogP contribution in [0.15, 0.2) is 41.2 Å². The van der Waals surface area contributed by atoms with Crippen molar-refractivity contribution in [3.05, 3.63) is 58.0 Å². The van der Waals surface area contributed by atoms with E-state index in [2.05, 4.69) is 10.3 Å². The topological polar surface area (TPSA) is 56.2 Å². The lowest BCUT2D eigenvalue weighted by atomic mass is 10.1. The van der Waals surface area contributed by atoms with Crippen LogP contribution in [0.4, 0.5) is 5.95 Å². The fraction of sp³-hybridized carbons (Fsp3) is 0.286. The molecule has 0 bridgehead atoms. The number of benzene rings is 1. The Bertz CT molecular complexity index is 637. The minimum absolute atomic E-state index is 0.0389. The van der Waals surface area contributed by atoms with Gasteiger partial charge < -0.3 is 10.1 Å². The molecule has 98 valence electrons. The number of ether oxygens (including phenoxy) is 1. The van der Waals surface area contributed by atoms with E-state index in [-0.39, 0.29) is 11.6 Å². The van der Waals surface area contributed by atoms with E-state index in [1.807, 2.05) is 30.3 Å². The molecule has 3 rings (SSSR count). The van der Waals surface area contributed by atoms with Crippen LogP contribution in [-0.2, 0) is 17.9 Å². The van der Waals surface area contributed by atoms with Crippen molar-refractivity contribution in [1.29, 1.82) is 0 Å². The van der Waals surface area contributed by atoms with Gasteiger partial charge in [-0.05, 0) is 5.56 Å². The smallest absolute Gasteiger partial charge is 0.255 e. The summed E-state index contributed by atoms with van der Waals surface area (Å²) in [6, 6.07) is 11.7. The van der Waals surface area contributed by atoms with Crippen LogP contribution in [0.1, 0.15) is 17.3 Å². The van der Waals surface area contributed by atoms with Gasteiger partial charge in [0, 0.05) is 13.2 Å². The van der Waals surface area contributed by atoms with Gasteiger partial charge in [0.25, 0.3) is 5.56 Å². The van der Waals surface area contributed by atoms with E-state index >= 15 is 0 Å². The van der Waals surface area contributed by atoms with Crippen LogP contribution in [0.2, 0.25) is 0 Å². The first-order valence-corrected chi connectivity index (χ1v) is 6.19. The summed E-state index contributed by atoms with van der Waals surface area (Å²) in [6.45, 7) is 0.958. The van der Waals surface area contributed by atoms with Crippen molar-refractivity contribution < 1.29 is 4.74 Å². The van der Waals surface area contributed by atoms with Crippen molar-refractivity contribution in [1.82, 2.24) is 9.55 Å². The molecule has 1 N–H and O–H groups in total. The Kier molecular flexibility index (Phi) is 3.05. The molecule has 1 aliphatic heterocycles. The second-order valence-electron chi connectivity index (χ2n) is 4.56. The van der Waals surface area contributed by atoms with E-state index in [1.165, 1.54) is 6.07 Å². The molecule has 5 nitrogen and oxygen atoms in total. The molecule has 2 aromatic rings. The average molecular weight is 257 g/mol. The summed E-state index contributed by atoms with van der Waals surface area (Å²) >= 11 is 0. The molecule has 0 aliphatic carbocycles. The zero-order valence-corrected chi connectivity index (χ0v) is 10.7. The molecule has 2 heterocycles. The Morgan fingerprint density at radius 1 is 1.42 bits per heavy atom. The van der Waals surface area contributed by atoms with Crippen molar-refractivity contribution in [2.75, 3.05) is 12.4 Å². The quantitative estimate of drug-likeness (QED) is 0.906. The third-order valence-corrected chi connectivity index (χ3v) is 3.22. The van der Waals surface area contributed by atoms with E-state index in [4.69, 9.17) is 4.74 Å². The zero-order chi connectivity index (χ0) is 13.2. The highest BCUT2D eigenvalue weighted by Gasteiger charge is 2.24. The largest absolute Gasteiger partial charge is 0.378 e. The number of nitrogens with zero attached hydrogens (tertiary/aromatic N) is 2. The minimum atomic E-state index is -0.0389. The number of rotatable bonds is 3. The van der Waals surface area contributed by atoms with E-state index in [0.717, 1.165) is 5.56 Å². The number of fused-ring (bicyclic) bond motifs is 1. The molecular weight excluding hydrogens is 242 g/mol. The van der Waals surface area contributed by atoms with Crippen LogP contribution < -0.4 is 10.9 Å². The van der Waals surface area contributed by atoms with Crippen molar-refractivity contribution >= 4 is 5.95 Å². The van der Waals surface area contributed by atoms with Gasteiger partial charge in [-0.2, -0.15) is 0 Å². The molecule has 1 aromatic carbocycles. The normalized spacial score (nSPS) is 17.0. The van der Waals surface area contributed by atoms with Gasteiger partial charge in [0.15, 0.2) is 0 Å². The second kappa shape index (κ2) is 4.85. The Balaban J connectivity index is 1.92. The first-order chi connectivity index (χ1) is 9.28. The predicted molar refractivity (Wildman–Crippen MR) is 72.0 cm³/mol. The van der Waals surface area contributed by atoms with Gasteiger partial charge in [0.1, 0.15) is 0 Å². The number of nitrogens with one attached hydrogen (secondary N) is 1. The molecule has 0 saturated heterocycles. The van der Waals surface area contributed by atoms with Gasteiger partial charge in [-0.15, -0.1) is 0 Å². The van der Waals surface area contributed by atoms with E-state index in [0.29, 0.717) is 24.8 Å². The predicted octanol–water partition coefficient (Wildman–Crippen LogP) is 1.56. The van der Waals surface area contributed by atoms with Gasteiger partial charge in [-0.25, -0.2) is 4.98 Å². The average Bonchev–Trinajstić information content (AvgIpc) is 2.85. The highest BCUT2D eigenvalue weighted by Crippen LogP contribution is 2.25. The van der Waals surface area contributed by atoms with Gasteiger partial charge in [-0.3, -0.25) is 9.36 Å². The molecule has 0 spiro atoms. The first kappa shape index (κ1) is 11.9. The highest BCUT2D eigenvalue weighted by atomic mass is 16.5. The van der Waals surface area contributed by atoms with Crippen molar-refractivity contribution in [3.63, 3.8) is 0 Å². The summed E-state index contributed by atoms with van der Waals surface area (Å²) in [7, 11) is 1.59. The molecule has 1 atom stereocenters. The Morgan fingerprint density at radius 2 is 2.21 bits per heavy atom. The summed E-state index contributed by atoms with van der Waals surface area (Å²) in [5.41, 5.74) is 1.77. The maximum absolute atomic E-state index is 12.0. The molecule has 19 heavy (non-hydrogen) atoms. The van der Waals surface area contributed by atoms with Crippen LogP contribution in [-0.4, -0.2) is 16.7 Å². The van der Waals surface area contributed by atoms with E-state index in [9.17, 15) is 4.79 Å². The van der Waals surface area contributed by atoms with Crippen LogP contribution >= 0.6 is 0 Å². The van der Waals surface area contributed by atoms with Crippen LogP contribution in [0.25, 0.3) is 0 Å². The van der Waals surface area contributed by atoms with Gasteiger partial charge in [0.2, 0.25) is 5.95 Å². The summed E-state index contributed by atoms with van der Waals surface area (Å²) < 4.78 is 6.68. The van der Waals surface area contributed by atoms with Gasteiger partial charge in [-0.1, -0.05) is 30.3 Å². The van der Waals surface area contributed by atoms with Crippen LogP contribution in [0.3, 0.4) is 0 Å². The number of hydrogen-bond acceptors (Lipinski definition) is 4. The zero-order valence-electron chi connectivity index (χ0n) is 10.7. The molecule has 1 aliphatic rings. The first-order valence-electron chi connectivity index (χ1n) is 6.19. The maximum Gasteiger partial charge on any atom is 0.255 e. The molecule has 5 heteroatoms. The van der Waals surface area contributed by atoms with Crippen LogP contribution in [0, 0.1) is 0 Å². The Hall–Kier alpha value is -2.14. The number of methoxy groups -OCH3 is 1. The third-order valence-electron chi connectivity index (χ3n) is 3.22. The fourth-order valence-electron chi connectivity index (χ4n) is 2.32. The SMILES string of the molecule is COCc1cc(=O)n2c(n1)NC(c1ccccc1)C2. The molecule has 0 fully saturated rings. The molecule has 1 aromatic heterocycles. The van der Waals surface area contributed by atoms with Crippen molar-refractivity contribution in [2.45, 2.75) is 19.2 Å². The lowest BCUT2D eigenvalue weighted by Crippen LogP contribution is -2.19. The number of anilines is 1. The molecule has 0 radical (unpaired) electrons. The molecule has 0 amide bonds. The lowest BCUT2D eigenvalue weighted by Gasteiger charge is -2.09. The second-order valence-corrected chi connectivity index (χ2v) is 4.56.